The van der Waals surface area contributed by atoms with Crippen molar-refractivity contribution in [3.8, 4) is 11.6 Å². The summed E-state index contributed by atoms with van der Waals surface area (Å²) in [7, 11) is 0. The van der Waals surface area contributed by atoms with Crippen molar-refractivity contribution in [2.45, 2.75) is 65.0 Å². The Balaban J connectivity index is 1.48. The first-order chi connectivity index (χ1) is 16.0. The van der Waals surface area contributed by atoms with Gasteiger partial charge in [-0.15, -0.1) is 10.2 Å². The summed E-state index contributed by atoms with van der Waals surface area (Å²) in [6, 6.07) is 11.4. The zero-order valence-corrected chi connectivity index (χ0v) is 19.2. The molecule has 174 valence electrons. The van der Waals surface area contributed by atoms with Gasteiger partial charge in [0.1, 0.15) is 18.8 Å². The highest BCUT2D eigenvalue weighted by Gasteiger charge is 2.23. The largest absolute Gasteiger partial charge is 0.458 e. The molecule has 1 N–H and O–H groups in total. The average molecular weight is 451 g/mol. The lowest BCUT2D eigenvalue weighted by molar-refractivity contribution is -0.124. The molecule has 0 bridgehead atoms. The molecule has 0 spiro atoms. The summed E-state index contributed by atoms with van der Waals surface area (Å²) in [6.45, 7) is 3.71. The van der Waals surface area contributed by atoms with Crippen LogP contribution >= 0.6 is 0 Å². The summed E-state index contributed by atoms with van der Waals surface area (Å²) in [5, 5.41) is 15.3. The second-order valence-corrected chi connectivity index (χ2v) is 8.46. The predicted molar refractivity (Wildman–Crippen MR) is 123 cm³/mol. The molecule has 1 fully saturated rings. The van der Waals surface area contributed by atoms with E-state index in [2.05, 4.69) is 27.7 Å². The summed E-state index contributed by atoms with van der Waals surface area (Å²) in [5.74, 6) is 1.09. The number of aromatic nitrogens is 4. The molecule has 1 aromatic carbocycles. The molecule has 4 rings (SSSR count). The van der Waals surface area contributed by atoms with Gasteiger partial charge in [-0.05, 0) is 61.2 Å². The number of tetrazole rings is 1. The molecule has 0 saturated heterocycles. The Bertz CT molecular complexity index is 1080. The molecule has 33 heavy (non-hydrogen) atoms. The number of amides is 2. The minimum atomic E-state index is -0.294. The van der Waals surface area contributed by atoms with Crippen LogP contribution in [0.3, 0.4) is 0 Å². The summed E-state index contributed by atoms with van der Waals surface area (Å²) in [6.07, 6.45) is 6.34. The highest BCUT2D eigenvalue weighted by molar-refractivity contribution is 5.98. The lowest BCUT2D eigenvalue weighted by atomic mass is 9.95. The van der Waals surface area contributed by atoms with Crippen LogP contribution in [-0.2, 0) is 22.6 Å². The molecule has 9 nitrogen and oxygen atoms in total. The maximum Gasteiger partial charge on any atom is 0.251 e. The van der Waals surface area contributed by atoms with Gasteiger partial charge in [0, 0.05) is 11.7 Å². The van der Waals surface area contributed by atoms with E-state index in [4.69, 9.17) is 4.42 Å². The molecule has 2 heterocycles. The molecule has 0 unspecified atom stereocenters. The van der Waals surface area contributed by atoms with Gasteiger partial charge in [-0.25, -0.2) is 0 Å². The summed E-state index contributed by atoms with van der Waals surface area (Å²) in [5.41, 5.74) is 1.83. The normalized spacial score (nSPS) is 14.2. The molecule has 1 saturated carbocycles. The average Bonchev–Trinajstić information content (AvgIpc) is 3.47. The Morgan fingerprint density at radius 3 is 2.55 bits per heavy atom. The van der Waals surface area contributed by atoms with Gasteiger partial charge in [-0.2, -0.15) is 4.80 Å². The van der Waals surface area contributed by atoms with Crippen molar-refractivity contribution in [3.63, 3.8) is 0 Å². The van der Waals surface area contributed by atoms with E-state index in [1.54, 1.807) is 6.07 Å². The van der Waals surface area contributed by atoms with E-state index >= 15 is 0 Å². The lowest BCUT2D eigenvalue weighted by Crippen LogP contribution is -2.46. The van der Waals surface area contributed by atoms with Crippen LogP contribution in [0.2, 0.25) is 0 Å². The molecule has 0 aliphatic heterocycles. The van der Waals surface area contributed by atoms with Gasteiger partial charge in [-0.1, -0.05) is 38.3 Å². The third-order valence-electron chi connectivity index (χ3n) is 5.92. The van der Waals surface area contributed by atoms with Crippen LogP contribution in [0.5, 0.6) is 0 Å². The summed E-state index contributed by atoms with van der Waals surface area (Å²) >= 11 is 0. The SMILES string of the molecule is CCc1ccc(N(CC(=O)NC2CCCCC2)C(=O)Cn2nnc(-c3ccc(C)o3)n2)cc1. The summed E-state index contributed by atoms with van der Waals surface area (Å²) in [4.78, 5) is 28.7. The number of nitrogens with one attached hydrogen (secondary N) is 1. The van der Waals surface area contributed by atoms with Crippen molar-refractivity contribution in [3.05, 3.63) is 47.7 Å². The lowest BCUT2D eigenvalue weighted by Gasteiger charge is -2.26. The fraction of sp³-hybridized carbons (Fsp3) is 0.458. The van der Waals surface area contributed by atoms with Crippen molar-refractivity contribution < 1.29 is 14.0 Å². The third kappa shape index (κ3) is 5.85. The molecular weight excluding hydrogens is 420 g/mol. The number of rotatable bonds is 8. The van der Waals surface area contributed by atoms with Crippen LogP contribution in [-0.4, -0.2) is 44.6 Å². The molecule has 1 aliphatic rings. The standard InChI is InChI=1S/C24H30N6O3/c1-3-18-10-12-20(13-11-18)29(15-22(31)25-19-7-5-4-6-8-19)23(32)16-30-27-24(26-28-30)21-14-9-17(2)33-21/h9-14,19H,3-8,15-16H2,1-2H3,(H,25,31). The molecular formula is C24H30N6O3. The van der Waals surface area contributed by atoms with Crippen molar-refractivity contribution in [1.29, 1.82) is 0 Å². The van der Waals surface area contributed by atoms with E-state index in [1.807, 2.05) is 37.3 Å². The second-order valence-electron chi connectivity index (χ2n) is 8.46. The zero-order chi connectivity index (χ0) is 23.2. The number of nitrogens with zero attached hydrogens (tertiary/aromatic N) is 5. The molecule has 2 aromatic heterocycles. The van der Waals surface area contributed by atoms with Crippen LogP contribution in [0.1, 0.15) is 50.4 Å². The Morgan fingerprint density at radius 1 is 1.12 bits per heavy atom. The van der Waals surface area contributed by atoms with E-state index < -0.39 is 0 Å². The number of aryl methyl sites for hydroxylation is 2. The number of furan rings is 1. The van der Waals surface area contributed by atoms with E-state index in [0.29, 0.717) is 17.3 Å². The van der Waals surface area contributed by atoms with Gasteiger partial charge in [0.25, 0.3) is 5.91 Å². The maximum absolute atomic E-state index is 13.2. The fourth-order valence-corrected chi connectivity index (χ4v) is 4.07. The Labute approximate surface area is 193 Å². The van der Waals surface area contributed by atoms with Gasteiger partial charge in [-0.3, -0.25) is 9.59 Å². The molecule has 1 aliphatic carbocycles. The third-order valence-corrected chi connectivity index (χ3v) is 5.92. The van der Waals surface area contributed by atoms with Crippen molar-refractivity contribution in [2.75, 3.05) is 11.4 Å². The predicted octanol–water partition coefficient (Wildman–Crippen LogP) is 3.29. The van der Waals surface area contributed by atoms with E-state index in [1.165, 1.54) is 16.1 Å². The first kappa shape index (κ1) is 22.7. The minimum absolute atomic E-state index is 0.0558. The van der Waals surface area contributed by atoms with Crippen molar-refractivity contribution in [1.82, 2.24) is 25.5 Å². The highest BCUT2D eigenvalue weighted by atomic mass is 16.3. The molecule has 9 heteroatoms. The van der Waals surface area contributed by atoms with E-state index in [-0.39, 0.29) is 30.9 Å². The topological polar surface area (TPSA) is 106 Å². The van der Waals surface area contributed by atoms with Crippen LogP contribution in [0, 0.1) is 6.92 Å². The van der Waals surface area contributed by atoms with Gasteiger partial charge < -0.3 is 14.6 Å². The van der Waals surface area contributed by atoms with Crippen LogP contribution in [0.4, 0.5) is 5.69 Å². The van der Waals surface area contributed by atoms with E-state index in [0.717, 1.165) is 43.4 Å². The molecule has 2 amide bonds. The number of benzene rings is 1. The Hall–Kier alpha value is -3.49. The molecule has 3 aromatic rings. The first-order valence-corrected chi connectivity index (χ1v) is 11.5. The Morgan fingerprint density at radius 2 is 1.88 bits per heavy atom. The monoisotopic (exact) mass is 450 g/mol. The smallest absolute Gasteiger partial charge is 0.251 e. The van der Waals surface area contributed by atoms with E-state index in [9.17, 15) is 9.59 Å². The van der Waals surface area contributed by atoms with Crippen LogP contribution in [0.25, 0.3) is 11.6 Å². The van der Waals surface area contributed by atoms with Gasteiger partial charge in [0.05, 0.1) is 0 Å². The molecule has 0 atom stereocenters. The first-order valence-electron chi connectivity index (χ1n) is 11.5. The number of carbonyl (C=O) groups is 2. The van der Waals surface area contributed by atoms with Crippen molar-refractivity contribution in [2.24, 2.45) is 0 Å². The molecule has 0 radical (unpaired) electrons. The quantitative estimate of drug-likeness (QED) is 0.564. The van der Waals surface area contributed by atoms with Gasteiger partial charge in [0.2, 0.25) is 11.7 Å². The van der Waals surface area contributed by atoms with Crippen LogP contribution < -0.4 is 10.2 Å². The number of hydrogen-bond donors (Lipinski definition) is 1. The number of hydrogen-bond acceptors (Lipinski definition) is 6. The van der Waals surface area contributed by atoms with Gasteiger partial charge >= 0.3 is 0 Å². The maximum atomic E-state index is 13.2. The van der Waals surface area contributed by atoms with Crippen molar-refractivity contribution >= 4 is 17.5 Å². The zero-order valence-electron chi connectivity index (χ0n) is 19.2. The fourth-order valence-electron chi connectivity index (χ4n) is 4.07. The highest BCUT2D eigenvalue weighted by Crippen LogP contribution is 2.20. The number of anilines is 1. The number of carbonyl (C=O) groups excluding carboxylic acids is 2. The summed E-state index contributed by atoms with van der Waals surface area (Å²) < 4.78 is 5.52. The second kappa shape index (κ2) is 10.4. The van der Waals surface area contributed by atoms with Crippen LogP contribution in [0.15, 0.2) is 40.8 Å². The minimum Gasteiger partial charge on any atom is -0.458 e. The Kier molecular flexibility index (Phi) is 7.16. The van der Waals surface area contributed by atoms with Gasteiger partial charge in [0.15, 0.2) is 5.76 Å².